The van der Waals surface area contributed by atoms with Crippen LogP contribution in [0.25, 0.3) is 0 Å². The minimum atomic E-state index is -0.334. The Kier molecular flexibility index (Phi) is 5.55. The van der Waals surface area contributed by atoms with E-state index in [0.29, 0.717) is 22.3 Å². The first-order chi connectivity index (χ1) is 8.02. The third kappa shape index (κ3) is 4.81. The van der Waals surface area contributed by atoms with Crippen molar-refractivity contribution in [3.05, 3.63) is 28.2 Å². The number of anilines is 1. The van der Waals surface area contributed by atoms with E-state index >= 15 is 0 Å². The zero-order valence-corrected chi connectivity index (χ0v) is 11.1. The minimum Gasteiger partial charge on any atom is -0.383 e. The summed E-state index contributed by atoms with van der Waals surface area (Å²) in [5.74, 6) is 0. The van der Waals surface area contributed by atoms with Gasteiger partial charge in [-0.2, -0.15) is 0 Å². The second-order valence-corrected chi connectivity index (χ2v) is 4.42. The number of hydrogen-bond acceptors (Lipinski definition) is 2. The van der Waals surface area contributed by atoms with Crippen molar-refractivity contribution < 1.29 is 9.53 Å². The standard InChI is InChI=1S/C11H14Cl2N2O2/c1-7(6-17-2)14-11(16)15-10-4-3-8(12)5-9(10)13/h3-5,7H,6H2,1-2H3,(H2,14,15,16)/t7-/m1/s1. The van der Waals surface area contributed by atoms with Crippen molar-refractivity contribution in [1.82, 2.24) is 5.32 Å². The molecule has 0 heterocycles. The van der Waals surface area contributed by atoms with Gasteiger partial charge in [0.1, 0.15) is 0 Å². The molecule has 0 bridgehead atoms. The lowest BCUT2D eigenvalue weighted by molar-refractivity contribution is 0.173. The van der Waals surface area contributed by atoms with Crippen LogP contribution in [-0.4, -0.2) is 25.8 Å². The van der Waals surface area contributed by atoms with Crippen LogP contribution in [0.2, 0.25) is 10.0 Å². The fraction of sp³-hybridized carbons (Fsp3) is 0.364. The molecule has 2 amide bonds. The molecule has 0 aliphatic heterocycles. The summed E-state index contributed by atoms with van der Waals surface area (Å²) in [6.07, 6.45) is 0. The number of carbonyl (C=O) groups is 1. The highest BCUT2D eigenvalue weighted by Crippen LogP contribution is 2.25. The summed E-state index contributed by atoms with van der Waals surface area (Å²) in [5, 5.41) is 6.25. The van der Waals surface area contributed by atoms with E-state index in [0.717, 1.165) is 0 Å². The maximum Gasteiger partial charge on any atom is 0.319 e. The number of ether oxygens (including phenoxy) is 1. The third-order valence-electron chi connectivity index (χ3n) is 1.97. The molecule has 0 aliphatic carbocycles. The second-order valence-electron chi connectivity index (χ2n) is 3.58. The predicted octanol–water partition coefficient (Wildman–Crippen LogP) is 3.15. The molecular formula is C11H14Cl2N2O2. The van der Waals surface area contributed by atoms with Crippen molar-refractivity contribution >= 4 is 34.9 Å². The molecule has 1 aromatic rings. The van der Waals surface area contributed by atoms with Gasteiger partial charge in [-0.25, -0.2) is 4.79 Å². The Morgan fingerprint density at radius 2 is 2.18 bits per heavy atom. The Balaban J connectivity index is 2.56. The van der Waals surface area contributed by atoms with E-state index in [1.165, 1.54) is 0 Å². The summed E-state index contributed by atoms with van der Waals surface area (Å²) < 4.78 is 4.91. The summed E-state index contributed by atoms with van der Waals surface area (Å²) in [6.45, 7) is 2.29. The van der Waals surface area contributed by atoms with Gasteiger partial charge in [0.2, 0.25) is 0 Å². The number of methoxy groups -OCH3 is 1. The van der Waals surface area contributed by atoms with Gasteiger partial charge in [0, 0.05) is 12.1 Å². The van der Waals surface area contributed by atoms with Gasteiger partial charge in [-0.1, -0.05) is 23.2 Å². The first-order valence-corrected chi connectivity index (χ1v) is 5.80. The van der Waals surface area contributed by atoms with Crippen LogP contribution < -0.4 is 10.6 Å². The molecule has 0 saturated carbocycles. The van der Waals surface area contributed by atoms with Crippen LogP contribution >= 0.6 is 23.2 Å². The zero-order chi connectivity index (χ0) is 12.8. The second kappa shape index (κ2) is 6.69. The smallest absolute Gasteiger partial charge is 0.319 e. The van der Waals surface area contributed by atoms with Crippen LogP contribution in [0.1, 0.15) is 6.92 Å². The van der Waals surface area contributed by atoms with Gasteiger partial charge in [-0.3, -0.25) is 0 Å². The summed E-state index contributed by atoms with van der Waals surface area (Å²) in [5.41, 5.74) is 0.512. The Morgan fingerprint density at radius 3 is 2.76 bits per heavy atom. The van der Waals surface area contributed by atoms with Crippen molar-refractivity contribution in [3.63, 3.8) is 0 Å². The highest BCUT2D eigenvalue weighted by atomic mass is 35.5. The topological polar surface area (TPSA) is 50.4 Å². The molecule has 17 heavy (non-hydrogen) atoms. The molecule has 0 radical (unpaired) electrons. The molecule has 0 saturated heterocycles. The molecule has 0 spiro atoms. The lowest BCUT2D eigenvalue weighted by Crippen LogP contribution is -2.38. The molecule has 4 nitrogen and oxygen atoms in total. The van der Waals surface area contributed by atoms with Crippen molar-refractivity contribution in [2.45, 2.75) is 13.0 Å². The van der Waals surface area contributed by atoms with Crippen LogP contribution in [0.15, 0.2) is 18.2 Å². The van der Waals surface area contributed by atoms with E-state index in [9.17, 15) is 4.79 Å². The molecule has 2 N–H and O–H groups in total. The lowest BCUT2D eigenvalue weighted by Gasteiger charge is -2.14. The number of nitrogens with one attached hydrogen (secondary N) is 2. The van der Waals surface area contributed by atoms with Crippen LogP contribution in [0.5, 0.6) is 0 Å². The fourth-order valence-electron chi connectivity index (χ4n) is 1.26. The molecule has 0 aliphatic rings. The van der Waals surface area contributed by atoms with Gasteiger partial charge in [-0.05, 0) is 25.1 Å². The number of amides is 2. The van der Waals surface area contributed by atoms with Crippen LogP contribution in [0.4, 0.5) is 10.5 Å². The van der Waals surface area contributed by atoms with Crippen molar-refractivity contribution in [1.29, 1.82) is 0 Å². The van der Waals surface area contributed by atoms with Gasteiger partial charge in [0.15, 0.2) is 0 Å². The fourth-order valence-corrected chi connectivity index (χ4v) is 1.72. The Morgan fingerprint density at radius 1 is 1.47 bits per heavy atom. The SMILES string of the molecule is COC[C@@H](C)NC(=O)Nc1ccc(Cl)cc1Cl. The van der Waals surface area contributed by atoms with Gasteiger partial charge < -0.3 is 15.4 Å². The minimum absolute atomic E-state index is 0.0777. The highest BCUT2D eigenvalue weighted by molar-refractivity contribution is 6.36. The number of urea groups is 1. The van der Waals surface area contributed by atoms with Crippen molar-refractivity contribution in [2.75, 3.05) is 19.0 Å². The van der Waals surface area contributed by atoms with E-state index in [2.05, 4.69) is 10.6 Å². The maximum atomic E-state index is 11.6. The van der Waals surface area contributed by atoms with Crippen LogP contribution in [0.3, 0.4) is 0 Å². The molecule has 0 aromatic heterocycles. The normalized spacial score (nSPS) is 12.0. The molecule has 1 atom stereocenters. The van der Waals surface area contributed by atoms with E-state index < -0.39 is 0 Å². The average Bonchev–Trinajstić information content (AvgIpc) is 2.22. The largest absolute Gasteiger partial charge is 0.383 e. The van der Waals surface area contributed by atoms with Crippen LogP contribution in [0, 0.1) is 0 Å². The van der Waals surface area contributed by atoms with E-state index in [-0.39, 0.29) is 12.1 Å². The van der Waals surface area contributed by atoms with Crippen molar-refractivity contribution in [2.24, 2.45) is 0 Å². The van der Waals surface area contributed by atoms with E-state index in [4.69, 9.17) is 27.9 Å². The summed E-state index contributed by atoms with van der Waals surface area (Å²) in [7, 11) is 1.58. The van der Waals surface area contributed by atoms with Crippen LogP contribution in [-0.2, 0) is 4.74 Å². The van der Waals surface area contributed by atoms with Crippen molar-refractivity contribution in [3.8, 4) is 0 Å². The molecule has 0 fully saturated rings. The number of hydrogen-bond donors (Lipinski definition) is 2. The van der Waals surface area contributed by atoms with E-state index in [1.54, 1.807) is 25.3 Å². The Hall–Kier alpha value is -0.970. The third-order valence-corrected chi connectivity index (χ3v) is 2.52. The first-order valence-electron chi connectivity index (χ1n) is 5.04. The Bertz CT molecular complexity index is 399. The first kappa shape index (κ1) is 14.1. The Labute approximate surface area is 110 Å². The number of benzene rings is 1. The van der Waals surface area contributed by atoms with Gasteiger partial charge in [-0.15, -0.1) is 0 Å². The summed E-state index contributed by atoms with van der Waals surface area (Å²) in [6, 6.07) is 4.45. The maximum absolute atomic E-state index is 11.6. The molecule has 0 unspecified atom stereocenters. The summed E-state index contributed by atoms with van der Waals surface area (Å²) >= 11 is 11.7. The number of carbonyl (C=O) groups excluding carboxylic acids is 1. The predicted molar refractivity (Wildman–Crippen MR) is 70.0 cm³/mol. The molecule has 6 heteroatoms. The highest BCUT2D eigenvalue weighted by Gasteiger charge is 2.09. The summed E-state index contributed by atoms with van der Waals surface area (Å²) in [4.78, 5) is 11.6. The quantitative estimate of drug-likeness (QED) is 0.888. The lowest BCUT2D eigenvalue weighted by atomic mass is 10.3. The monoisotopic (exact) mass is 276 g/mol. The van der Waals surface area contributed by atoms with Gasteiger partial charge in [0.25, 0.3) is 0 Å². The number of halogens is 2. The average molecular weight is 277 g/mol. The number of rotatable bonds is 4. The van der Waals surface area contributed by atoms with E-state index in [1.807, 2.05) is 6.92 Å². The zero-order valence-electron chi connectivity index (χ0n) is 9.59. The van der Waals surface area contributed by atoms with Gasteiger partial charge >= 0.3 is 6.03 Å². The molecular weight excluding hydrogens is 263 g/mol. The molecule has 94 valence electrons. The molecule has 1 rings (SSSR count). The molecule has 1 aromatic carbocycles. The van der Waals surface area contributed by atoms with Gasteiger partial charge in [0.05, 0.1) is 23.4 Å².